The molecule has 0 spiro atoms. The van der Waals surface area contributed by atoms with Gasteiger partial charge in [-0.1, -0.05) is 68.5 Å². The fourth-order valence-electron chi connectivity index (χ4n) is 3.89. The molecule has 0 fully saturated rings. The highest BCUT2D eigenvalue weighted by molar-refractivity contribution is 5.99. The van der Waals surface area contributed by atoms with E-state index >= 15 is 0 Å². The molecule has 32 heavy (non-hydrogen) atoms. The van der Waals surface area contributed by atoms with Gasteiger partial charge < -0.3 is 15.0 Å². The molecule has 1 aliphatic rings. The molecule has 1 aliphatic heterocycles. The van der Waals surface area contributed by atoms with Gasteiger partial charge in [-0.3, -0.25) is 9.59 Å². The molecular weight excluding hydrogens is 400 g/mol. The van der Waals surface area contributed by atoms with Gasteiger partial charge in [0, 0.05) is 25.9 Å². The summed E-state index contributed by atoms with van der Waals surface area (Å²) in [6.07, 6.45) is 6.05. The van der Waals surface area contributed by atoms with Crippen LogP contribution in [0, 0.1) is 5.92 Å². The molecule has 0 bridgehead atoms. The number of rotatable bonds is 3. The normalized spacial score (nSPS) is 23.7. The molecule has 0 aliphatic carbocycles. The van der Waals surface area contributed by atoms with Crippen molar-refractivity contribution < 1.29 is 14.3 Å². The first-order valence-corrected chi connectivity index (χ1v) is 11.4. The summed E-state index contributed by atoms with van der Waals surface area (Å²) in [4.78, 5) is 28.5. The van der Waals surface area contributed by atoms with Crippen LogP contribution in [0.4, 0.5) is 0 Å². The number of nitrogens with zero attached hydrogens (tertiary/aromatic N) is 1. The number of nitrogens with one attached hydrogen (secondary N) is 1. The topological polar surface area (TPSA) is 58.6 Å². The lowest BCUT2D eigenvalue weighted by molar-refractivity contribution is -0.126. The standard InChI is InChI=1S/C27H34N2O3/c1-19(2)23-16-10-8-12-20(3)32-25-17-11-9-15-22(25)27(31)29(4)24(26(30)28-23)18-21-13-6-5-7-14-21/h5-11,13-15,17,19-20,23-24H,12,16,18H2,1-4H3,(H,28,30)/b10-8-/t20-,23+,24+/m0/s1. The molecule has 5 heteroatoms. The molecule has 5 nitrogen and oxygen atoms in total. The molecule has 0 saturated carbocycles. The van der Waals surface area contributed by atoms with E-state index < -0.39 is 6.04 Å². The van der Waals surface area contributed by atoms with E-state index in [-0.39, 0.29) is 29.9 Å². The zero-order chi connectivity index (χ0) is 23.1. The third-order valence-electron chi connectivity index (χ3n) is 5.97. The van der Waals surface area contributed by atoms with Crippen molar-refractivity contribution in [3.05, 3.63) is 77.9 Å². The van der Waals surface area contributed by atoms with Gasteiger partial charge in [0.2, 0.25) is 5.91 Å². The smallest absolute Gasteiger partial charge is 0.258 e. The Morgan fingerprint density at radius 2 is 1.66 bits per heavy atom. The van der Waals surface area contributed by atoms with Gasteiger partial charge >= 0.3 is 0 Å². The zero-order valence-corrected chi connectivity index (χ0v) is 19.5. The molecule has 0 radical (unpaired) electrons. The van der Waals surface area contributed by atoms with Crippen molar-refractivity contribution in [1.82, 2.24) is 10.2 Å². The minimum atomic E-state index is -0.636. The SMILES string of the molecule is CC(C)[C@H]1C/C=C\C[C@H](C)Oc2ccccc2C(=O)N(C)[C@H](Cc2ccccc2)C(=O)N1. The molecule has 2 aromatic carbocycles. The van der Waals surface area contributed by atoms with Crippen molar-refractivity contribution in [2.24, 2.45) is 5.92 Å². The molecule has 0 aromatic heterocycles. The highest BCUT2D eigenvalue weighted by Crippen LogP contribution is 2.24. The number of carbonyl (C=O) groups is 2. The average Bonchev–Trinajstić information content (AvgIpc) is 2.78. The second kappa shape index (κ2) is 11.0. The Kier molecular flexibility index (Phi) is 8.09. The van der Waals surface area contributed by atoms with E-state index in [2.05, 4.69) is 31.3 Å². The summed E-state index contributed by atoms with van der Waals surface area (Å²) in [6.45, 7) is 6.21. The van der Waals surface area contributed by atoms with E-state index in [9.17, 15) is 9.59 Å². The first-order valence-electron chi connectivity index (χ1n) is 11.4. The summed E-state index contributed by atoms with van der Waals surface area (Å²) >= 11 is 0. The number of amides is 2. The van der Waals surface area contributed by atoms with Crippen molar-refractivity contribution in [2.75, 3.05) is 7.05 Å². The average molecular weight is 435 g/mol. The van der Waals surface area contributed by atoms with Crippen molar-refractivity contribution in [3.8, 4) is 5.75 Å². The summed E-state index contributed by atoms with van der Waals surface area (Å²) in [5, 5.41) is 3.21. The van der Waals surface area contributed by atoms with E-state index in [0.717, 1.165) is 18.4 Å². The lowest BCUT2D eigenvalue weighted by Gasteiger charge is -2.31. The molecule has 1 heterocycles. The maximum Gasteiger partial charge on any atom is 0.258 e. The minimum absolute atomic E-state index is 0.00743. The predicted molar refractivity (Wildman–Crippen MR) is 128 cm³/mol. The number of ether oxygens (including phenoxy) is 1. The Bertz CT molecular complexity index is 939. The van der Waals surface area contributed by atoms with Crippen LogP contribution in [0.3, 0.4) is 0 Å². The maximum atomic E-state index is 13.5. The summed E-state index contributed by atoms with van der Waals surface area (Å²) < 4.78 is 6.11. The Morgan fingerprint density at radius 1 is 1.00 bits per heavy atom. The molecular formula is C27H34N2O3. The fraction of sp³-hybridized carbons (Fsp3) is 0.407. The van der Waals surface area contributed by atoms with E-state index in [4.69, 9.17) is 4.74 Å². The lowest BCUT2D eigenvalue weighted by atomic mass is 9.98. The quantitative estimate of drug-likeness (QED) is 0.717. The third kappa shape index (κ3) is 6.00. The van der Waals surface area contributed by atoms with Crippen LogP contribution in [0.1, 0.15) is 49.5 Å². The van der Waals surface area contributed by atoms with Crippen LogP contribution in [0.2, 0.25) is 0 Å². The summed E-state index contributed by atoms with van der Waals surface area (Å²) in [5.41, 5.74) is 1.47. The van der Waals surface area contributed by atoms with Gasteiger partial charge in [0.15, 0.2) is 0 Å². The first-order chi connectivity index (χ1) is 15.4. The van der Waals surface area contributed by atoms with Crippen molar-refractivity contribution in [2.45, 2.75) is 58.2 Å². The summed E-state index contributed by atoms with van der Waals surface area (Å²) in [6, 6.07) is 16.4. The van der Waals surface area contributed by atoms with Gasteiger partial charge in [0.25, 0.3) is 5.91 Å². The molecule has 170 valence electrons. The van der Waals surface area contributed by atoms with E-state index in [0.29, 0.717) is 17.7 Å². The number of hydrogen-bond donors (Lipinski definition) is 1. The second-order valence-electron chi connectivity index (χ2n) is 8.85. The van der Waals surface area contributed by atoms with Crippen LogP contribution in [0.5, 0.6) is 5.75 Å². The fourth-order valence-corrected chi connectivity index (χ4v) is 3.89. The van der Waals surface area contributed by atoms with E-state index in [1.54, 1.807) is 18.0 Å². The predicted octanol–water partition coefficient (Wildman–Crippen LogP) is 4.63. The molecule has 0 unspecified atom stereocenters. The zero-order valence-electron chi connectivity index (χ0n) is 19.5. The van der Waals surface area contributed by atoms with Crippen molar-refractivity contribution >= 4 is 11.8 Å². The van der Waals surface area contributed by atoms with Crippen LogP contribution in [0.15, 0.2) is 66.7 Å². The Labute approximate surface area is 191 Å². The number of benzene rings is 2. The van der Waals surface area contributed by atoms with Crippen molar-refractivity contribution in [1.29, 1.82) is 0 Å². The van der Waals surface area contributed by atoms with Gasteiger partial charge in [-0.15, -0.1) is 0 Å². The maximum absolute atomic E-state index is 13.5. The number of para-hydroxylation sites is 1. The van der Waals surface area contributed by atoms with Crippen LogP contribution >= 0.6 is 0 Å². The first kappa shape index (κ1) is 23.6. The Hall–Kier alpha value is -3.08. The van der Waals surface area contributed by atoms with E-state index in [1.807, 2.05) is 55.5 Å². The van der Waals surface area contributed by atoms with Gasteiger partial charge in [-0.05, 0) is 37.0 Å². The van der Waals surface area contributed by atoms with Crippen LogP contribution in [-0.4, -0.2) is 41.9 Å². The summed E-state index contributed by atoms with van der Waals surface area (Å²) in [7, 11) is 1.70. The Morgan fingerprint density at radius 3 is 2.38 bits per heavy atom. The molecule has 1 N–H and O–H groups in total. The molecule has 0 saturated heterocycles. The third-order valence-corrected chi connectivity index (χ3v) is 5.97. The highest BCUT2D eigenvalue weighted by atomic mass is 16.5. The lowest BCUT2D eigenvalue weighted by Crippen LogP contribution is -2.52. The number of fused-ring (bicyclic) bond motifs is 1. The van der Waals surface area contributed by atoms with Crippen LogP contribution in [0.25, 0.3) is 0 Å². The number of hydrogen-bond acceptors (Lipinski definition) is 3. The molecule has 3 atom stereocenters. The van der Waals surface area contributed by atoms with E-state index in [1.165, 1.54) is 0 Å². The van der Waals surface area contributed by atoms with Gasteiger partial charge in [0.05, 0.1) is 11.7 Å². The monoisotopic (exact) mass is 434 g/mol. The molecule has 2 amide bonds. The van der Waals surface area contributed by atoms with Crippen LogP contribution < -0.4 is 10.1 Å². The second-order valence-corrected chi connectivity index (χ2v) is 8.85. The Balaban J connectivity index is 2.00. The largest absolute Gasteiger partial charge is 0.490 e. The van der Waals surface area contributed by atoms with Gasteiger partial charge in [-0.25, -0.2) is 0 Å². The summed E-state index contributed by atoms with van der Waals surface area (Å²) in [5.74, 6) is 0.448. The molecule has 3 rings (SSSR count). The van der Waals surface area contributed by atoms with Crippen LogP contribution in [-0.2, 0) is 11.2 Å². The highest BCUT2D eigenvalue weighted by Gasteiger charge is 2.31. The van der Waals surface area contributed by atoms with Crippen molar-refractivity contribution in [3.63, 3.8) is 0 Å². The molecule has 2 aromatic rings. The minimum Gasteiger partial charge on any atom is -0.490 e. The van der Waals surface area contributed by atoms with Gasteiger partial charge in [0.1, 0.15) is 11.8 Å². The van der Waals surface area contributed by atoms with Gasteiger partial charge in [-0.2, -0.15) is 0 Å². The number of carbonyl (C=O) groups excluding carboxylic acids is 2. The number of likely N-dealkylation sites (N-methyl/N-ethyl adjacent to an activating group) is 1.